The number of hydrogen-bond donors (Lipinski definition) is 1. The maximum atomic E-state index is 5.58. The van der Waals surface area contributed by atoms with Crippen LogP contribution in [0.5, 0.6) is 5.75 Å². The van der Waals surface area contributed by atoms with Crippen molar-refractivity contribution in [2.45, 2.75) is 13.3 Å². The van der Waals surface area contributed by atoms with E-state index in [1.807, 2.05) is 12.1 Å². The molecule has 0 heterocycles. The molecule has 0 aliphatic carbocycles. The van der Waals surface area contributed by atoms with Crippen LogP contribution in [0.25, 0.3) is 0 Å². The zero-order valence-electron chi connectivity index (χ0n) is 12.9. The predicted molar refractivity (Wildman–Crippen MR) is 84.3 cm³/mol. The van der Waals surface area contributed by atoms with Gasteiger partial charge in [0, 0.05) is 7.11 Å². The Morgan fingerprint density at radius 1 is 1.24 bits per heavy atom. The van der Waals surface area contributed by atoms with Crippen LogP contribution in [-0.2, 0) is 15.9 Å². The molecule has 0 bridgehead atoms. The number of benzene rings is 1. The van der Waals surface area contributed by atoms with Crippen LogP contribution in [0, 0.1) is 18.3 Å². The van der Waals surface area contributed by atoms with Gasteiger partial charge in [-0.05, 0) is 36.6 Å². The molecule has 4 heteroatoms. The Kier molecular flexibility index (Phi) is 9.30. The minimum Gasteiger partial charge on any atom is -0.491 e. The molecule has 4 nitrogen and oxygen atoms in total. The molecule has 116 valence electrons. The molecule has 0 saturated carbocycles. The van der Waals surface area contributed by atoms with E-state index in [1.165, 1.54) is 5.56 Å². The number of methoxy groups -OCH3 is 1. The van der Waals surface area contributed by atoms with Gasteiger partial charge in [-0.25, -0.2) is 0 Å². The molecule has 0 spiro atoms. The van der Waals surface area contributed by atoms with Crippen LogP contribution in [-0.4, -0.2) is 40.2 Å². The summed E-state index contributed by atoms with van der Waals surface area (Å²) in [6.45, 7) is 5.11. The van der Waals surface area contributed by atoms with Gasteiger partial charge >= 0.3 is 0 Å². The molecule has 1 rings (SSSR count). The fraction of sp³-hybridized carbons (Fsp3) is 0.529. The molecule has 0 fully saturated rings. The Hall–Kier alpha value is -1.54. The minimum absolute atomic E-state index is 0.300. The lowest BCUT2D eigenvalue weighted by molar-refractivity contribution is -0.0387. The molecular formula is C17H25NO3. The number of rotatable bonds is 11. The normalized spacial score (nSPS) is 11.9. The van der Waals surface area contributed by atoms with Crippen molar-refractivity contribution in [1.29, 1.82) is 0 Å². The zero-order valence-corrected chi connectivity index (χ0v) is 12.9. The summed E-state index contributed by atoms with van der Waals surface area (Å²) in [7, 11) is 1.60. The first-order valence-corrected chi connectivity index (χ1v) is 7.19. The van der Waals surface area contributed by atoms with Gasteiger partial charge in [0.2, 0.25) is 0 Å². The summed E-state index contributed by atoms with van der Waals surface area (Å²) in [5.41, 5.74) is 1.30. The smallest absolute Gasteiger partial charge is 0.146 e. The van der Waals surface area contributed by atoms with Gasteiger partial charge < -0.3 is 19.5 Å². The van der Waals surface area contributed by atoms with Crippen molar-refractivity contribution in [2.75, 3.05) is 40.2 Å². The summed E-state index contributed by atoms with van der Waals surface area (Å²) >= 11 is 0. The molecule has 1 aromatic carbocycles. The van der Waals surface area contributed by atoms with Gasteiger partial charge in [-0.1, -0.05) is 25.0 Å². The van der Waals surface area contributed by atoms with E-state index in [0.717, 1.165) is 18.7 Å². The van der Waals surface area contributed by atoms with E-state index in [2.05, 4.69) is 30.3 Å². The van der Waals surface area contributed by atoms with Gasteiger partial charge in [0.25, 0.3) is 0 Å². The maximum absolute atomic E-state index is 5.58. The van der Waals surface area contributed by atoms with E-state index in [9.17, 15) is 0 Å². The van der Waals surface area contributed by atoms with Crippen molar-refractivity contribution in [1.82, 2.24) is 5.32 Å². The number of terminal acetylenes is 1. The van der Waals surface area contributed by atoms with Crippen LogP contribution in [0.15, 0.2) is 24.3 Å². The molecule has 0 saturated heterocycles. The van der Waals surface area contributed by atoms with Crippen molar-refractivity contribution in [3.63, 3.8) is 0 Å². The maximum Gasteiger partial charge on any atom is 0.146 e. The van der Waals surface area contributed by atoms with Crippen molar-refractivity contribution in [2.24, 2.45) is 5.92 Å². The van der Waals surface area contributed by atoms with Crippen LogP contribution in [0.2, 0.25) is 0 Å². The van der Waals surface area contributed by atoms with Crippen molar-refractivity contribution in [3.05, 3.63) is 29.8 Å². The highest BCUT2D eigenvalue weighted by Crippen LogP contribution is 2.14. The average molecular weight is 291 g/mol. The molecule has 0 aliphatic heterocycles. The van der Waals surface area contributed by atoms with Gasteiger partial charge in [0.05, 0.1) is 13.2 Å². The molecule has 0 aromatic heterocycles. The average Bonchev–Trinajstić information content (AvgIpc) is 2.49. The monoisotopic (exact) mass is 291 g/mol. The SMILES string of the molecule is C#CCNC[C@H](C)Cc1ccc(OCCOCOC)cc1. The second-order valence-corrected chi connectivity index (χ2v) is 4.95. The first-order valence-electron chi connectivity index (χ1n) is 7.19. The number of hydrogen-bond acceptors (Lipinski definition) is 4. The Bertz CT molecular complexity index is 411. The third kappa shape index (κ3) is 8.36. The summed E-state index contributed by atoms with van der Waals surface area (Å²) in [6, 6.07) is 8.19. The Labute approximate surface area is 127 Å². The summed E-state index contributed by atoms with van der Waals surface area (Å²) in [5, 5.41) is 3.23. The zero-order chi connectivity index (χ0) is 15.3. The van der Waals surface area contributed by atoms with Crippen LogP contribution in [0.1, 0.15) is 12.5 Å². The highest BCUT2D eigenvalue weighted by Gasteiger charge is 2.03. The van der Waals surface area contributed by atoms with E-state index in [-0.39, 0.29) is 0 Å². The molecule has 1 atom stereocenters. The topological polar surface area (TPSA) is 39.7 Å². The summed E-state index contributed by atoms with van der Waals surface area (Å²) < 4.78 is 15.5. The van der Waals surface area contributed by atoms with E-state index in [1.54, 1.807) is 7.11 Å². The van der Waals surface area contributed by atoms with Gasteiger partial charge in [-0.3, -0.25) is 0 Å². The quantitative estimate of drug-likeness (QED) is 0.385. The fourth-order valence-corrected chi connectivity index (χ4v) is 1.95. The van der Waals surface area contributed by atoms with Gasteiger partial charge in [-0.15, -0.1) is 6.42 Å². The number of nitrogens with one attached hydrogen (secondary N) is 1. The van der Waals surface area contributed by atoms with Crippen LogP contribution in [0.3, 0.4) is 0 Å². The van der Waals surface area contributed by atoms with Gasteiger partial charge in [0.1, 0.15) is 19.1 Å². The fourth-order valence-electron chi connectivity index (χ4n) is 1.95. The first kappa shape index (κ1) is 17.5. The van der Waals surface area contributed by atoms with Gasteiger partial charge in [0.15, 0.2) is 0 Å². The second kappa shape index (κ2) is 11.2. The highest BCUT2D eigenvalue weighted by molar-refractivity contribution is 5.27. The van der Waals surface area contributed by atoms with Crippen LogP contribution >= 0.6 is 0 Å². The first-order chi connectivity index (χ1) is 10.3. The van der Waals surface area contributed by atoms with Crippen molar-refractivity contribution in [3.8, 4) is 18.1 Å². The molecular weight excluding hydrogens is 266 g/mol. The second-order valence-electron chi connectivity index (χ2n) is 4.95. The van der Waals surface area contributed by atoms with Crippen molar-refractivity contribution < 1.29 is 14.2 Å². The summed E-state index contributed by atoms with van der Waals surface area (Å²) in [5.74, 6) is 3.99. The molecule has 1 aromatic rings. The predicted octanol–water partition coefficient (Wildman–Crippen LogP) is 2.09. The molecule has 0 aliphatic rings. The third-order valence-corrected chi connectivity index (χ3v) is 2.92. The van der Waals surface area contributed by atoms with Gasteiger partial charge in [-0.2, -0.15) is 0 Å². The molecule has 0 radical (unpaired) electrons. The lowest BCUT2D eigenvalue weighted by Gasteiger charge is -2.12. The summed E-state index contributed by atoms with van der Waals surface area (Å²) in [6.07, 6.45) is 6.23. The Morgan fingerprint density at radius 2 is 2.00 bits per heavy atom. The molecule has 0 amide bonds. The largest absolute Gasteiger partial charge is 0.491 e. The molecule has 1 N–H and O–H groups in total. The van der Waals surface area contributed by atoms with Crippen LogP contribution < -0.4 is 10.1 Å². The molecule has 0 unspecified atom stereocenters. The third-order valence-electron chi connectivity index (χ3n) is 2.92. The Balaban J connectivity index is 2.25. The minimum atomic E-state index is 0.300. The Morgan fingerprint density at radius 3 is 2.67 bits per heavy atom. The lowest BCUT2D eigenvalue weighted by Crippen LogP contribution is -2.22. The highest BCUT2D eigenvalue weighted by atomic mass is 16.7. The summed E-state index contributed by atoms with van der Waals surface area (Å²) in [4.78, 5) is 0. The van der Waals surface area contributed by atoms with E-state index in [4.69, 9.17) is 20.6 Å². The molecule has 21 heavy (non-hydrogen) atoms. The van der Waals surface area contributed by atoms with E-state index in [0.29, 0.717) is 32.5 Å². The number of ether oxygens (including phenoxy) is 3. The van der Waals surface area contributed by atoms with E-state index >= 15 is 0 Å². The standard InChI is InChI=1S/C17H25NO3/c1-4-9-18-13-15(2)12-16-5-7-17(8-6-16)21-11-10-20-14-19-3/h1,5-8,15,18H,9-14H2,2-3H3/t15-/m1/s1. The lowest BCUT2D eigenvalue weighted by atomic mass is 10.0. The van der Waals surface area contributed by atoms with Crippen molar-refractivity contribution >= 4 is 0 Å². The van der Waals surface area contributed by atoms with E-state index < -0.39 is 0 Å². The van der Waals surface area contributed by atoms with Crippen LogP contribution in [0.4, 0.5) is 0 Å².